The van der Waals surface area contributed by atoms with Crippen LogP contribution in [0.5, 0.6) is 17.2 Å². The second-order valence-electron chi connectivity index (χ2n) is 5.19. The second kappa shape index (κ2) is 8.67. The van der Waals surface area contributed by atoms with E-state index in [0.717, 1.165) is 22.9 Å². The van der Waals surface area contributed by atoms with E-state index >= 15 is 0 Å². The van der Waals surface area contributed by atoms with E-state index in [0.29, 0.717) is 12.5 Å². The Kier molecular flexibility index (Phi) is 6.31. The molecule has 0 aliphatic carbocycles. The van der Waals surface area contributed by atoms with Gasteiger partial charge in [0, 0.05) is 11.8 Å². The Morgan fingerprint density at radius 3 is 2.38 bits per heavy atom. The number of nitrogens with zero attached hydrogens (tertiary/aromatic N) is 1. The lowest BCUT2D eigenvalue weighted by Gasteiger charge is -2.14. The van der Waals surface area contributed by atoms with Gasteiger partial charge in [-0.1, -0.05) is 6.07 Å². The van der Waals surface area contributed by atoms with Gasteiger partial charge in [0.2, 0.25) is 0 Å². The number of aliphatic imine (C=N–C) groups is 1. The number of hydrogen-bond acceptors (Lipinski definition) is 4. The third kappa shape index (κ3) is 5.39. The van der Waals surface area contributed by atoms with E-state index in [9.17, 15) is 0 Å². The van der Waals surface area contributed by atoms with Crippen molar-refractivity contribution in [1.82, 2.24) is 0 Å². The van der Waals surface area contributed by atoms with Crippen LogP contribution in [0.3, 0.4) is 0 Å². The van der Waals surface area contributed by atoms with E-state index in [1.54, 1.807) is 14.2 Å². The molecule has 0 radical (unpaired) electrons. The smallest absolute Gasteiger partial charge is 0.193 e. The Morgan fingerprint density at radius 1 is 1.04 bits per heavy atom. The van der Waals surface area contributed by atoms with Crippen molar-refractivity contribution in [2.24, 2.45) is 10.7 Å². The highest BCUT2D eigenvalue weighted by Gasteiger charge is 2.04. The van der Waals surface area contributed by atoms with Crippen LogP contribution >= 0.6 is 0 Å². The molecule has 1 atom stereocenters. The molecule has 24 heavy (non-hydrogen) atoms. The van der Waals surface area contributed by atoms with E-state index in [4.69, 9.17) is 19.9 Å². The van der Waals surface area contributed by atoms with Crippen LogP contribution in [-0.4, -0.2) is 32.8 Å². The molecule has 0 amide bonds. The van der Waals surface area contributed by atoms with E-state index in [-0.39, 0.29) is 6.10 Å². The van der Waals surface area contributed by atoms with E-state index in [1.165, 1.54) is 0 Å². The zero-order valence-corrected chi connectivity index (χ0v) is 14.2. The molecule has 0 saturated carbocycles. The number of rotatable bonds is 7. The number of anilines is 1. The SMILES string of the molecule is COc1ccc(OC(C)CN=C(N)Nc2cccc(OC)c2)cc1. The molecular weight excluding hydrogens is 306 g/mol. The van der Waals surface area contributed by atoms with Crippen molar-refractivity contribution < 1.29 is 14.2 Å². The molecule has 6 nitrogen and oxygen atoms in total. The topological polar surface area (TPSA) is 78.1 Å². The maximum absolute atomic E-state index is 5.90. The quantitative estimate of drug-likeness (QED) is 0.603. The van der Waals surface area contributed by atoms with Crippen molar-refractivity contribution in [3.63, 3.8) is 0 Å². The third-order valence-electron chi connectivity index (χ3n) is 3.26. The first-order valence-electron chi connectivity index (χ1n) is 7.62. The molecule has 0 aliphatic heterocycles. The molecule has 0 fully saturated rings. The maximum atomic E-state index is 5.90. The summed E-state index contributed by atoms with van der Waals surface area (Å²) in [6.07, 6.45) is -0.107. The molecule has 3 N–H and O–H groups in total. The molecule has 2 aromatic rings. The summed E-state index contributed by atoms with van der Waals surface area (Å²) in [6, 6.07) is 14.9. The van der Waals surface area contributed by atoms with Crippen LogP contribution in [0.2, 0.25) is 0 Å². The molecule has 2 rings (SSSR count). The Balaban J connectivity index is 1.86. The van der Waals surface area contributed by atoms with Gasteiger partial charge in [-0.2, -0.15) is 0 Å². The molecule has 6 heteroatoms. The van der Waals surface area contributed by atoms with Gasteiger partial charge in [0.05, 0.1) is 20.8 Å². The van der Waals surface area contributed by atoms with E-state index in [1.807, 2.05) is 55.5 Å². The van der Waals surface area contributed by atoms with Crippen molar-refractivity contribution in [2.45, 2.75) is 13.0 Å². The summed E-state index contributed by atoms with van der Waals surface area (Å²) in [7, 11) is 3.25. The van der Waals surface area contributed by atoms with Gasteiger partial charge in [-0.05, 0) is 43.3 Å². The van der Waals surface area contributed by atoms with E-state index < -0.39 is 0 Å². The fraction of sp³-hybridized carbons (Fsp3) is 0.278. The summed E-state index contributed by atoms with van der Waals surface area (Å²) in [4.78, 5) is 4.30. The minimum atomic E-state index is -0.107. The molecule has 0 spiro atoms. The highest BCUT2D eigenvalue weighted by atomic mass is 16.5. The van der Waals surface area contributed by atoms with Gasteiger partial charge in [0.25, 0.3) is 0 Å². The van der Waals surface area contributed by atoms with Crippen LogP contribution in [0.15, 0.2) is 53.5 Å². The van der Waals surface area contributed by atoms with Crippen molar-refractivity contribution in [1.29, 1.82) is 0 Å². The summed E-state index contributed by atoms with van der Waals surface area (Å²) in [5.74, 6) is 2.63. The highest BCUT2D eigenvalue weighted by Crippen LogP contribution is 2.18. The maximum Gasteiger partial charge on any atom is 0.193 e. The molecule has 0 aromatic heterocycles. The average molecular weight is 329 g/mol. The van der Waals surface area contributed by atoms with Gasteiger partial charge < -0.3 is 25.3 Å². The number of hydrogen-bond donors (Lipinski definition) is 2. The van der Waals surface area contributed by atoms with Crippen molar-refractivity contribution in [2.75, 3.05) is 26.1 Å². The third-order valence-corrected chi connectivity index (χ3v) is 3.26. The first-order valence-corrected chi connectivity index (χ1v) is 7.62. The predicted molar refractivity (Wildman–Crippen MR) is 96.2 cm³/mol. The van der Waals surface area contributed by atoms with Crippen LogP contribution in [0.4, 0.5) is 5.69 Å². The predicted octanol–water partition coefficient (Wildman–Crippen LogP) is 2.90. The van der Waals surface area contributed by atoms with Crippen LogP contribution in [-0.2, 0) is 0 Å². The van der Waals surface area contributed by atoms with Crippen molar-refractivity contribution in [3.8, 4) is 17.2 Å². The Bertz CT molecular complexity index is 671. The molecule has 0 bridgehead atoms. The lowest BCUT2D eigenvalue weighted by atomic mass is 10.3. The van der Waals surface area contributed by atoms with Crippen LogP contribution < -0.4 is 25.3 Å². The van der Waals surface area contributed by atoms with E-state index in [2.05, 4.69) is 10.3 Å². The fourth-order valence-corrected chi connectivity index (χ4v) is 2.04. The summed E-state index contributed by atoms with van der Waals surface area (Å²) in [6.45, 7) is 2.38. The van der Waals surface area contributed by atoms with Crippen LogP contribution in [0, 0.1) is 0 Å². The Hall–Kier alpha value is -2.89. The van der Waals surface area contributed by atoms with Gasteiger partial charge in [-0.15, -0.1) is 0 Å². The molecular formula is C18H23N3O3. The summed E-state index contributed by atoms with van der Waals surface area (Å²) in [5, 5.41) is 3.03. The zero-order chi connectivity index (χ0) is 17.4. The summed E-state index contributed by atoms with van der Waals surface area (Å²) < 4.78 is 16.1. The second-order valence-corrected chi connectivity index (χ2v) is 5.19. The number of benzene rings is 2. The van der Waals surface area contributed by atoms with Gasteiger partial charge in [0.15, 0.2) is 5.96 Å². The number of methoxy groups -OCH3 is 2. The minimum Gasteiger partial charge on any atom is -0.497 e. The average Bonchev–Trinajstić information content (AvgIpc) is 2.61. The van der Waals surface area contributed by atoms with Crippen molar-refractivity contribution >= 4 is 11.6 Å². The summed E-state index contributed by atoms with van der Waals surface area (Å²) >= 11 is 0. The van der Waals surface area contributed by atoms with Crippen LogP contribution in [0.1, 0.15) is 6.92 Å². The standard InChI is InChI=1S/C18H23N3O3/c1-13(24-16-9-7-15(22-2)8-10-16)12-20-18(19)21-14-5-4-6-17(11-14)23-3/h4-11,13H,12H2,1-3H3,(H3,19,20,21). The van der Waals surface area contributed by atoms with Gasteiger partial charge in [-0.25, -0.2) is 4.99 Å². The normalized spacial score (nSPS) is 12.4. The van der Waals surface area contributed by atoms with Gasteiger partial charge >= 0.3 is 0 Å². The zero-order valence-electron chi connectivity index (χ0n) is 14.2. The van der Waals surface area contributed by atoms with Crippen LogP contribution in [0.25, 0.3) is 0 Å². The lowest BCUT2D eigenvalue weighted by Crippen LogP contribution is -2.25. The minimum absolute atomic E-state index is 0.107. The lowest BCUT2D eigenvalue weighted by molar-refractivity contribution is 0.230. The van der Waals surface area contributed by atoms with Gasteiger partial charge in [0.1, 0.15) is 23.4 Å². The molecule has 0 aliphatic rings. The largest absolute Gasteiger partial charge is 0.497 e. The number of nitrogens with one attached hydrogen (secondary N) is 1. The first kappa shape index (κ1) is 17.5. The molecule has 2 aromatic carbocycles. The molecule has 1 unspecified atom stereocenters. The Labute approximate surface area is 142 Å². The first-order chi connectivity index (χ1) is 11.6. The number of guanidine groups is 1. The number of nitrogens with two attached hydrogens (primary N) is 1. The Morgan fingerprint density at radius 2 is 1.71 bits per heavy atom. The fourth-order valence-electron chi connectivity index (χ4n) is 2.04. The monoisotopic (exact) mass is 329 g/mol. The van der Waals surface area contributed by atoms with Crippen molar-refractivity contribution in [3.05, 3.63) is 48.5 Å². The summed E-state index contributed by atoms with van der Waals surface area (Å²) in [5.41, 5.74) is 6.72. The molecule has 128 valence electrons. The number of ether oxygens (including phenoxy) is 3. The molecule has 0 saturated heterocycles. The van der Waals surface area contributed by atoms with Gasteiger partial charge in [-0.3, -0.25) is 0 Å². The molecule has 0 heterocycles. The highest BCUT2D eigenvalue weighted by molar-refractivity contribution is 5.92.